The maximum atomic E-state index is 13.1. The summed E-state index contributed by atoms with van der Waals surface area (Å²) in [5, 5.41) is 3.65. The van der Waals surface area contributed by atoms with Crippen molar-refractivity contribution in [2.45, 2.75) is 26.1 Å². The van der Waals surface area contributed by atoms with Gasteiger partial charge in [-0.3, -0.25) is 9.48 Å². The van der Waals surface area contributed by atoms with Crippen molar-refractivity contribution in [1.82, 2.24) is 14.7 Å². The molecular formula is C18H20BrF3N4O. The van der Waals surface area contributed by atoms with E-state index in [1.54, 1.807) is 11.8 Å². The van der Waals surface area contributed by atoms with Crippen LogP contribution in [-0.2, 0) is 11.0 Å². The van der Waals surface area contributed by atoms with Crippen molar-refractivity contribution >= 4 is 27.5 Å². The van der Waals surface area contributed by atoms with E-state index in [2.05, 4.69) is 25.9 Å². The van der Waals surface area contributed by atoms with Gasteiger partial charge < -0.3 is 9.80 Å². The Bertz CT molecular complexity index is 814. The largest absolute Gasteiger partial charge is 0.436 e. The summed E-state index contributed by atoms with van der Waals surface area (Å²) in [6.45, 7) is 5.50. The number of alkyl halides is 3. The van der Waals surface area contributed by atoms with E-state index >= 15 is 0 Å². The van der Waals surface area contributed by atoms with Crippen molar-refractivity contribution in [2.75, 3.05) is 31.1 Å². The number of nitrogens with zero attached hydrogens (tertiary/aromatic N) is 4. The number of hydrogen-bond acceptors (Lipinski definition) is 3. The minimum Gasteiger partial charge on any atom is -0.368 e. The van der Waals surface area contributed by atoms with Gasteiger partial charge in [-0.15, -0.1) is 0 Å². The Morgan fingerprint density at radius 3 is 2.26 bits per heavy atom. The lowest BCUT2D eigenvalue weighted by atomic mass is 10.2. The maximum Gasteiger partial charge on any atom is 0.436 e. The predicted octanol–water partition coefficient (Wildman–Crippen LogP) is 3.88. The lowest BCUT2D eigenvalue weighted by molar-refractivity contribution is -0.143. The standard InChI is InChI=1S/C18H20BrF3N4O/c1-12-15(19)16(18(20,21)22)23-26(12)13(2)17(27)25-10-8-24(9-11-25)14-6-4-3-5-7-14/h3-7,13H,8-11H2,1-2H3. The fourth-order valence-corrected chi connectivity index (χ4v) is 3.74. The summed E-state index contributed by atoms with van der Waals surface area (Å²) in [6.07, 6.45) is -4.57. The van der Waals surface area contributed by atoms with Crippen molar-refractivity contribution in [2.24, 2.45) is 0 Å². The molecule has 0 N–H and O–H groups in total. The van der Waals surface area contributed by atoms with E-state index in [9.17, 15) is 18.0 Å². The Morgan fingerprint density at radius 1 is 1.15 bits per heavy atom. The van der Waals surface area contributed by atoms with Crippen LogP contribution in [0.2, 0.25) is 0 Å². The van der Waals surface area contributed by atoms with Crippen LogP contribution in [0.5, 0.6) is 0 Å². The highest BCUT2D eigenvalue weighted by atomic mass is 79.9. The Hall–Kier alpha value is -2.03. The van der Waals surface area contributed by atoms with Gasteiger partial charge in [0.05, 0.1) is 10.2 Å². The van der Waals surface area contributed by atoms with Crippen LogP contribution in [0.15, 0.2) is 34.8 Å². The quantitative estimate of drug-likeness (QED) is 0.720. The molecular weight excluding hydrogens is 425 g/mol. The highest BCUT2D eigenvalue weighted by molar-refractivity contribution is 9.10. The minimum absolute atomic E-state index is 0.122. The monoisotopic (exact) mass is 444 g/mol. The Morgan fingerprint density at radius 2 is 1.74 bits per heavy atom. The van der Waals surface area contributed by atoms with Gasteiger partial charge in [-0.1, -0.05) is 18.2 Å². The molecule has 1 aliphatic rings. The Balaban J connectivity index is 1.70. The second kappa shape index (κ2) is 7.53. The second-order valence-electron chi connectivity index (χ2n) is 6.51. The van der Waals surface area contributed by atoms with E-state index in [1.165, 1.54) is 6.92 Å². The van der Waals surface area contributed by atoms with Crippen molar-refractivity contribution in [3.8, 4) is 0 Å². The molecule has 1 unspecified atom stereocenters. The number of hydrogen-bond donors (Lipinski definition) is 0. The second-order valence-corrected chi connectivity index (χ2v) is 7.31. The Kier molecular flexibility index (Phi) is 5.50. The van der Waals surface area contributed by atoms with Gasteiger partial charge in [0.15, 0.2) is 5.69 Å². The summed E-state index contributed by atoms with van der Waals surface area (Å²) in [5.41, 5.74) is 0.374. The molecule has 2 aromatic rings. The predicted molar refractivity (Wildman–Crippen MR) is 99.6 cm³/mol. The number of anilines is 1. The molecule has 2 heterocycles. The summed E-state index contributed by atoms with van der Waals surface area (Å²) in [7, 11) is 0. The van der Waals surface area contributed by atoms with Crippen LogP contribution < -0.4 is 4.90 Å². The van der Waals surface area contributed by atoms with Crippen LogP contribution in [0.4, 0.5) is 18.9 Å². The third-order valence-corrected chi connectivity index (χ3v) is 5.73. The van der Waals surface area contributed by atoms with Crippen molar-refractivity contribution in [1.29, 1.82) is 0 Å². The molecule has 9 heteroatoms. The van der Waals surface area contributed by atoms with Crippen LogP contribution in [0.25, 0.3) is 0 Å². The zero-order valence-electron chi connectivity index (χ0n) is 15.0. The van der Waals surface area contributed by atoms with Crippen LogP contribution >= 0.6 is 15.9 Å². The number of piperazine rings is 1. The van der Waals surface area contributed by atoms with Crippen LogP contribution in [0.3, 0.4) is 0 Å². The molecule has 1 saturated heterocycles. The lowest BCUT2D eigenvalue weighted by Gasteiger charge is -2.37. The van der Waals surface area contributed by atoms with Crippen LogP contribution in [0, 0.1) is 6.92 Å². The van der Waals surface area contributed by atoms with Crippen LogP contribution in [-0.4, -0.2) is 46.8 Å². The molecule has 0 saturated carbocycles. The van der Waals surface area contributed by atoms with Crippen molar-refractivity contribution < 1.29 is 18.0 Å². The smallest absolute Gasteiger partial charge is 0.368 e. The first-order valence-corrected chi connectivity index (χ1v) is 9.40. The zero-order chi connectivity index (χ0) is 19.8. The molecule has 27 heavy (non-hydrogen) atoms. The number of rotatable bonds is 3. The topological polar surface area (TPSA) is 41.4 Å². The molecule has 5 nitrogen and oxygen atoms in total. The van der Waals surface area contributed by atoms with E-state index in [0.717, 1.165) is 10.4 Å². The van der Waals surface area contributed by atoms with E-state index in [1.807, 2.05) is 30.3 Å². The maximum absolute atomic E-state index is 13.1. The number of para-hydroxylation sites is 1. The van der Waals surface area contributed by atoms with Crippen LogP contribution in [0.1, 0.15) is 24.4 Å². The highest BCUT2D eigenvalue weighted by Gasteiger charge is 2.39. The van der Waals surface area contributed by atoms with E-state index in [-0.39, 0.29) is 16.1 Å². The van der Waals surface area contributed by atoms with Gasteiger partial charge in [-0.2, -0.15) is 18.3 Å². The highest BCUT2D eigenvalue weighted by Crippen LogP contribution is 2.36. The van der Waals surface area contributed by atoms with Gasteiger partial charge in [0.25, 0.3) is 0 Å². The van der Waals surface area contributed by atoms with Crippen molar-refractivity contribution in [3.63, 3.8) is 0 Å². The molecule has 0 radical (unpaired) electrons. The number of carbonyl (C=O) groups excluding carboxylic acids is 1. The fourth-order valence-electron chi connectivity index (χ4n) is 3.25. The summed E-state index contributed by atoms with van der Waals surface area (Å²) in [6, 6.07) is 9.11. The van der Waals surface area contributed by atoms with Gasteiger partial charge in [0.2, 0.25) is 5.91 Å². The SMILES string of the molecule is Cc1c(Br)c(C(F)(F)F)nn1C(C)C(=O)N1CCN(c2ccccc2)CC1. The molecule has 1 atom stereocenters. The molecule has 1 amide bonds. The summed E-state index contributed by atoms with van der Waals surface area (Å²) < 4.78 is 40.2. The minimum atomic E-state index is -4.57. The van der Waals surface area contributed by atoms with E-state index < -0.39 is 17.9 Å². The lowest BCUT2D eigenvalue weighted by Crippen LogP contribution is -2.50. The van der Waals surface area contributed by atoms with E-state index in [0.29, 0.717) is 26.2 Å². The molecule has 1 aromatic heterocycles. The third-order valence-electron chi connectivity index (χ3n) is 4.78. The molecule has 0 spiro atoms. The summed E-state index contributed by atoms with van der Waals surface area (Å²) in [5.74, 6) is -0.227. The van der Waals surface area contributed by atoms with E-state index in [4.69, 9.17) is 0 Å². The first kappa shape index (κ1) is 19.7. The first-order valence-electron chi connectivity index (χ1n) is 8.60. The zero-order valence-corrected chi connectivity index (χ0v) is 16.6. The molecule has 1 fully saturated rings. The van der Waals surface area contributed by atoms with Gasteiger partial charge in [-0.05, 0) is 41.9 Å². The van der Waals surface area contributed by atoms with Crippen molar-refractivity contribution in [3.05, 3.63) is 46.2 Å². The third kappa shape index (κ3) is 3.97. The van der Waals surface area contributed by atoms with Gasteiger partial charge >= 0.3 is 6.18 Å². The molecule has 1 aromatic carbocycles. The van der Waals surface area contributed by atoms with Gasteiger partial charge in [-0.25, -0.2) is 0 Å². The summed E-state index contributed by atoms with van der Waals surface area (Å²) in [4.78, 5) is 16.7. The first-order chi connectivity index (χ1) is 12.7. The molecule has 0 aliphatic carbocycles. The molecule has 0 bridgehead atoms. The number of halogens is 4. The van der Waals surface area contributed by atoms with Gasteiger partial charge in [0, 0.05) is 31.9 Å². The number of carbonyl (C=O) groups is 1. The normalized spacial score (nSPS) is 16.5. The molecule has 1 aliphatic heterocycles. The summed E-state index contributed by atoms with van der Waals surface area (Å²) >= 11 is 2.95. The molecule has 3 rings (SSSR count). The average molecular weight is 445 g/mol. The van der Waals surface area contributed by atoms with Gasteiger partial charge in [0.1, 0.15) is 6.04 Å². The molecule has 146 valence electrons. The average Bonchev–Trinajstić information content (AvgIpc) is 2.97. The number of benzene rings is 1. The number of aromatic nitrogens is 2. The fraction of sp³-hybridized carbons (Fsp3) is 0.444. The number of amides is 1. The Labute approximate surface area is 163 Å².